The molecule has 0 aliphatic heterocycles. The van der Waals surface area contributed by atoms with E-state index in [0.717, 1.165) is 0 Å². The van der Waals surface area contributed by atoms with Gasteiger partial charge in [0.15, 0.2) is 0 Å². The van der Waals surface area contributed by atoms with E-state index >= 15 is 0 Å². The highest BCUT2D eigenvalue weighted by atomic mass is 127. The molecular formula is C12H10I2O6. The smallest absolute Gasteiger partial charge is 0.341 e. The minimum Gasteiger partial charge on any atom is -0.465 e. The normalized spacial score (nSPS) is 9.75. The number of carbonyl (C=O) groups is 3. The van der Waals surface area contributed by atoms with E-state index < -0.39 is 17.9 Å². The molecule has 1 rings (SSSR count). The molecule has 0 aliphatic carbocycles. The van der Waals surface area contributed by atoms with Crippen LogP contribution >= 0.6 is 45.2 Å². The molecule has 8 heteroatoms. The number of carbonyl (C=O) groups excluding carboxylic acids is 3. The minimum absolute atomic E-state index is 0.00252. The lowest BCUT2D eigenvalue weighted by Gasteiger charge is -2.10. The lowest BCUT2D eigenvalue weighted by atomic mass is 10.2. The number of halogens is 2. The van der Waals surface area contributed by atoms with Gasteiger partial charge in [0.25, 0.3) is 0 Å². The molecular weight excluding hydrogens is 494 g/mol. The monoisotopic (exact) mass is 504 g/mol. The van der Waals surface area contributed by atoms with Crippen molar-refractivity contribution in [3.63, 3.8) is 0 Å². The SMILES string of the molecule is COC(=O)c1ccc(OC(=O)CI)cc1OC(=O)CI. The van der Waals surface area contributed by atoms with Gasteiger partial charge in [0.2, 0.25) is 0 Å². The van der Waals surface area contributed by atoms with E-state index in [1.54, 1.807) is 0 Å². The third-order valence-corrected chi connectivity index (χ3v) is 3.28. The third-order valence-electron chi connectivity index (χ3n) is 2.03. The maximum Gasteiger partial charge on any atom is 0.341 e. The summed E-state index contributed by atoms with van der Waals surface area (Å²) < 4.78 is 14.9. The summed E-state index contributed by atoms with van der Waals surface area (Å²) in [5, 5.41) is 0. The Hall–Kier alpha value is -0.910. The second-order valence-corrected chi connectivity index (χ2v) is 4.89. The number of rotatable bonds is 5. The van der Waals surface area contributed by atoms with E-state index in [0.29, 0.717) is 0 Å². The fraction of sp³-hybridized carbons (Fsp3) is 0.250. The average molecular weight is 504 g/mol. The van der Waals surface area contributed by atoms with Crippen LogP contribution in [0.2, 0.25) is 0 Å². The summed E-state index contributed by atoms with van der Waals surface area (Å²) in [5.41, 5.74) is 0.0833. The summed E-state index contributed by atoms with van der Waals surface area (Å²) in [6.07, 6.45) is 0. The second-order valence-electron chi connectivity index (χ2n) is 3.36. The molecule has 108 valence electrons. The van der Waals surface area contributed by atoms with Gasteiger partial charge in [-0.3, -0.25) is 9.59 Å². The number of hydrogen-bond donors (Lipinski definition) is 0. The molecule has 0 unspecified atom stereocenters. The number of methoxy groups -OCH3 is 1. The van der Waals surface area contributed by atoms with Crippen LogP contribution in [0.4, 0.5) is 0 Å². The zero-order valence-corrected chi connectivity index (χ0v) is 14.7. The Balaban J connectivity index is 3.10. The highest BCUT2D eigenvalue weighted by Gasteiger charge is 2.17. The summed E-state index contributed by atoms with van der Waals surface area (Å²) in [6.45, 7) is 0. The Kier molecular flexibility index (Phi) is 7.19. The van der Waals surface area contributed by atoms with Crippen molar-refractivity contribution >= 4 is 63.1 Å². The molecule has 1 aromatic rings. The lowest BCUT2D eigenvalue weighted by molar-refractivity contribution is -0.131. The van der Waals surface area contributed by atoms with Gasteiger partial charge in [-0.15, -0.1) is 0 Å². The molecule has 1 aromatic carbocycles. The summed E-state index contributed by atoms with van der Waals surface area (Å²) in [4.78, 5) is 34.1. The molecule has 0 radical (unpaired) electrons. The molecule has 0 fully saturated rings. The van der Waals surface area contributed by atoms with Gasteiger partial charge < -0.3 is 14.2 Å². The number of alkyl halides is 2. The zero-order valence-electron chi connectivity index (χ0n) is 10.4. The van der Waals surface area contributed by atoms with Gasteiger partial charge in [-0.25, -0.2) is 4.79 Å². The van der Waals surface area contributed by atoms with Crippen molar-refractivity contribution in [2.45, 2.75) is 0 Å². The van der Waals surface area contributed by atoms with E-state index in [4.69, 9.17) is 9.47 Å². The highest BCUT2D eigenvalue weighted by Crippen LogP contribution is 2.26. The molecule has 0 saturated heterocycles. The largest absolute Gasteiger partial charge is 0.465 e. The van der Waals surface area contributed by atoms with Crippen LogP contribution < -0.4 is 9.47 Å². The van der Waals surface area contributed by atoms with Gasteiger partial charge in [0.05, 0.1) is 16.0 Å². The fourth-order valence-corrected chi connectivity index (χ4v) is 1.55. The van der Waals surface area contributed by atoms with Crippen LogP contribution in [0.5, 0.6) is 11.5 Å². The topological polar surface area (TPSA) is 78.9 Å². The van der Waals surface area contributed by atoms with E-state index in [1.165, 1.54) is 25.3 Å². The molecule has 0 spiro atoms. The van der Waals surface area contributed by atoms with E-state index in [-0.39, 0.29) is 25.9 Å². The molecule has 0 saturated carbocycles. The third kappa shape index (κ3) is 4.89. The minimum atomic E-state index is -0.645. The van der Waals surface area contributed by atoms with Crippen molar-refractivity contribution in [1.29, 1.82) is 0 Å². The maximum absolute atomic E-state index is 11.6. The summed E-state index contributed by atoms with van der Waals surface area (Å²) in [7, 11) is 1.22. The lowest BCUT2D eigenvalue weighted by Crippen LogP contribution is -2.14. The predicted octanol–water partition coefficient (Wildman–Crippen LogP) is 2.15. The Bertz CT molecular complexity index is 529. The van der Waals surface area contributed by atoms with Crippen LogP contribution in [0, 0.1) is 0 Å². The number of esters is 3. The number of benzene rings is 1. The van der Waals surface area contributed by atoms with Crippen LogP contribution in [-0.4, -0.2) is 33.9 Å². The average Bonchev–Trinajstić information content (AvgIpc) is 2.46. The molecule has 20 heavy (non-hydrogen) atoms. The molecule has 0 amide bonds. The fourth-order valence-electron chi connectivity index (χ4n) is 1.24. The molecule has 0 atom stereocenters. The molecule has 0 N–H and O–H groups in total. The van der Waals surface area contributed by atoms with Gasteiger partial charge in [0.1, 0.15) is 17.1 Å². The Morgan fingerprint density at radius 3 is 2.20 bits per heavy atom. The summed E-state index contributed by atoms with van der Waals surface area (Å²) >= 11 is 3.70. The van der Waals surface area contributed by atoms with Crippen molar-refractivity contribution in [2.75, 3.05) is 16.0 Å². The summed E-state index contributed by atoms with van der Waals surface area (Å²) in [6, 6.07) is 4.11. The van der Waals surface area contributed by atoms with Crippen LogP contribution in [0.25, 0.3) is 0 Å². The molecule has 0 aromatic heterocycles. The van der Waals surface area contributed by atoms with Crippen molar-refractivity contribution < 1.29 is 28.6 Å². The molecule has 0 bridgehead atoms. The Morgan fingerprint density at radius 1 is 1.05 bits per heavy atom. The van der Waals surface area contributed by atoms with Gasteiger partial charge in [-0.2, -0.15) is 0 Å². The van der Waals surface area contributed by atoms with Crippen LogP contribution in [0.1, 0.15) is 10.4 Å². The molecule has 6 nitrogen and oxygen atoms in total. The quantitative estimate of drug-likeness (QED) is 0.265. The van der Waals surface area contributed by atoms with Crippen molar-refractivity contribution in [3.8, 4) is 11.5 Å². The van der Waals surface area contributed by atoms with Crippen molar-refractivity contribution in [3.05, 3.63) is 23.8 Å². The van der Waals surface area contributed by atoms with Crippen molar-refractivity contribution in [2.24, 2.45) is 0 Å². The van der Waals surface area contributed by atoms with Crippen molar-refractivity contribution in [1.82, 2.24) is 0 Å². The van der Waals surface area contributed by atoms with Crippen LogP contribution in [-0.2, 0) is 14.3 Å². The van der Waals surface area contributed by atoms with E-state index in [2.05, 4.69) is 4.74 Å². The first-order chi connectivity index (χ1) is 9.51. The number of ether oxygens (including phenoxy) is 3. The van der Waals surface area contributed by atoms with Gasteiger partial charge >= 0.3 is 17.9 Å². The van der Waals surface area contributed by atoms with Gasteiger partial charge in [-0.1, -0.05) is 45.2 Å². The highest BCUT2D eigenvalue weighted by molar-refractivity contribution is 14.1. The first-order valence-corrected chi connectivity index (χ1v) is 8.32. The molecule has 0 heterocycles. The Labute approximate surface area is 142 Å². The first kappa shape index (κ1) is 17.1. The van der Waals surface area contributed by atoms with Crippen LogP contribution in [0.15, 0.2) is 18.2 Å². The predicted molar refractivity (Wildman–Crippen MR) is 86.8 cm³/mol. The van der Waals surface area contributed by atoms with E-state index in [9.17, 15) is 14.4 Å². The van der Waals surface area contributed by atoms with Gasteiger partial charge in [-0.05, 0) is 12.1 Å². The van der Waals surface area contributed by atoms with E-state index in [1.807, 2.05) is 45.2 Å². The zero-order chi connectivity index (χ0) is 15.1. The standard InChI is InChI=1S/C12H10I2O6/c1-18-12(17)8-3-2-7(19-10(15)5-13)4-9(8)20-11(16)6-14/h2-4H,5-6H2,1H3. The second kappa shape index (κ2) is 8.39. The maximum atomic E-state index is 11.6. The number of hydrogen-bond acceptors (Lipinski definition) is 6. The van der Waals surface area contributed by atoms with Gasteiger partial charge in [0, 0.05) is 6.07 Å². The summed E-state index contributed by atoms with van der Waals surface area (Å²) in [5.74, 6) is -1.42. The Morgan fingerprint density at radius 2 is 1.65 bits per heavy atom. The van der Waals surface area contributed by atoms with Crippen LogP contribution in [0.3, 0.4) is 0 Å². The molecule has 0 aliphatic rings. The first-order valence-electron chi connectivity index (χ1n) is 5.27.